The highest BCUT2D eigenvalue weighted by atomic mass is 16.5. The third-order valence-corrected chi connectivity index (χ3v) is 4.05. The Morgan fingerprint density at radius 2 is 1.87 bits per heavy atom. The molecule has 1 aromatic carbocycles. The Bertz CT molecular complexity index is 823. The average Bonchev–Trinajstić information content (AvgIpc) is 3.03. The number of benzene rings is 1. The Morgan fingerprint density at radius 1 is 1.09 bits per heavy atom. The number of rotatable bonds is 4. The fraction of sp³-hybridized carbons (Fsp3) is 0.222. The summed E-state index contributed by atoms with van der Waals surface area (Å²) in [6.07, 6.45) is 3.81. The van der Waals surface area contributed by atoms with Crippen LogP contribution in [0.2, 0.25) is 0 Å². The molecule has 5 nitrogen and oxygen atoms in total. The van der Waals surface area contributed by atoms with Gasteiger partial charge in [-0.1, -0.05) is 18.2 Å². The zero-order valence-electron chi connectivity index (χ0n) is 12.6. The zero-order chi connectivity index (χ0) is 15.6. The first-order valence-corrected chi connectivity index (χ1v) is 7.69. The smallest absolute Gasteiger partial charge is 0.242 e. The van der Waals surface area contributed by atoms with Gasteiger partial charge >= 0.3 is 0 Å². The first-order valence-electron chi connectivity index (χ1n) is 7.69. The zero-order valence-corrected chi connectivity index (χ0v) is 12.6. The lowest BCUT2D eigenvalue weighted by Gasteiger charge is -2.38. The molecule has 3 aromatic rings. The Balaban J connectivity index is 1.33. The molecule has 4 rings (SSSR count). The molecule has 5 heteroatoms. The number of pyridine rings is 1. The molecule has 23 heavy (non-hydrogen) atoms. The summed E-state index contributed by atoms with van der Waals surface area (Å²) >= 11 is 0. The molecular formula is C18H17N3O2. The van der Waals surface area contributed by atoms with Crippen LogP contribution in [0.15, 0.2) is 60.9 Å². The van der Waals surface area contributed by atoms with Crippen molar-refractivity contribution in [2.75, 3.05) is 13.1 Å². The minimum absolute atomic E-state index is 0.0253. The molecule has 1 amide bonds. The van der Waals surface area contributed by atoms with Gasteiger partial charge in [0.2, 0.25) is 11.8 Å². The molecule has 1 fully saturated rings. The molecule has 0 unspecified atom stereocenters. The Hall–Kier alpha value is -2.82. The summed E-state index contributed by atoms with van der Waals surface area (Å²) in [5, 5.41) is 1.09. The summed E-state index contributed by atoms with van der Waals surface area (Å²) in [7, 11) is 0. The molecular weight excluding hydrogens is 290 g/mol. The monoisotopic (exact) mass is 307 g/mol. The van der Waals surface area contributed by atoms with Gasteiger partial charge in [-0.15, -0.1) is 0 Å². The van der Waals surface area contributed by atoms with Crippen molar-refractivity contribution >= 4 is 16.8 Å². The van der Waals surface area contributed by atoms with Crippen LogP contribution in [0.1, 0.15) is 0 Å². The van der Waals surface area contributed by atoms with Gasteiger partial charge in [-0.2, -0.15) is 0 Å². The Kier molecular flexibility index (Phi) is 3.46. The molecule has 0 spiro atoms. The number of para-hydroxylation sites is 1. The second kappa shape index (κ2) is 5.76. The number of amides is 1. The molecule has 0 aliphatic carbocycles. The van der Waals surface area contributed by atoms with Crippen molar-refractivity contribution in [2.24, 2.45) is 0 Å². The number of fused-ring (bicyclic) bond motifs is 1. The number of nitrogens with zero attached hydrogens (tertiary/aromatic N) is 3. The maximum absolute atomic E-state index is 12.1. The molecule has 3 heterocycles. The molecule has 116 valence electrons. The number of hydrogen-bond acceptors (Lipinski definition) is 3. The average molecular weight is 307 g/mol. The van der Waals surface area contributed by atoms with Crippen LogP contribution in [0, 0.1) is 0 Å². The van der Waals surface area contributed by atoms with Gasteiger partial charge in [-0.05, 0) is 24.3 Å². The maximum Gasteiger partial charge on any atom is 0.242 e. The molecule has 2 aromatic heterocycles. The summed E-state index contributed by atoms with van der Waals surface area (Å²) in [5.41, 5.74) is 0.921. The summed E-state index contributed by atoms with van der Waals surface area (Å²) in [5.74, 6) is 0.735. The topological polar surface area (TPSA) is 47.4 Å². The van der Waals surface area contributed by atoms with Crippen LogP contribution in [0.4, 0.5) is 0 Å². The van der Waals surface area contributed by atoms with E-state index in [1.807, 2.05) is 70.4 Å². The van der Waals surface area contributed by atoms with Gasteiger partial charge in [-0.25, -0.2) is 4.98 Å². The van der Waals surface area contributed by atoms with Crippen LogP contribution in [-0.2, 0) is 11.3 Å². The van der Waals surface area contributed by atoms with Crippen molar-refractivity contribution in [1.29, 1.82) is 0 Å². The van der Waals surface area contributed by atoms with Crippen LogP contribution < -0.4 is 4.74 Å². The third-order valence-electron chi connectivity index (χ3n) is 4.05. The van der Waals surface area contributed by atoms with E-state index in [2.05, 4.69) is 4.98 Å². The van der Waals surface area contributed by atoms with Gasteiger partial charge in [0, 0.05) is 23.8 Å². The van der Waals surface area contributed by atoms with Gasteiger partial charge in [0.1, 0.15) is 12.6 Å². The summed E-state index contributed by atoms with van der Waals surface area (Å²) in [4.78, 5) is 18.4. The molecule has 0 saturated carbocycles. The van der Waals surface area contributed by atoms with Crippen molar-refractivity contribution < 1.29 is 9.53 Å². The van der Waals surface area contributed by atoms with Gasteiger partial charge in [0.05, 0.1) is 18.6 Å². The number of hydrogen-bond donors (Lipinski definition) is 0. The van der Waals surface area contributed by atoms with E-state index in [0.717, 1.165) is 10.9 Å². The number of ether oxygens (including phenoxy) is 1. The van der Waals surface area contributed by atoms with E-state index in [1.54, 1.807) is 0 Å². The molecule has 0 radical (unpaired) electrons. The van der Waals surface area contributed by atoms with Gasteiger partial charge in [0.15, 0.2) is 0 Å². The maximum atomic E-state index is 12.1. The largest absolute Gasteiger partial charge is 0.471 e. The summed E-state index contributed by atoms with van der Waals surface area (Å²) in [6.45, 7) is 1.62. The lowest BCUT2D eigenvalue weighted by Crippen LogP contribution is -2.56. The molecule has 1 saturated heterocycles. The second-order valence-corrected chi connectivity index (χ2v) is 5.74. The normalized spacial score (nSPS) is 14.7. The summed E-state index contributed by atoms with van der Waals surface area (Å²) in [6, 6.07) is 15.7. The van der Waals surface area contributed by atoms with Crippen LogP contribution in [0.3, 0.4) is 0 Å². The first-order chi connectivity index (χ1) is 11.3. The van der Waals surface area contributed by atoms with E-state index in [1.165, 1.54) is 0 Å². The SMILES string of the molecule is O=C(Cn1cccc1)N1CC(Oc2ccc3ccccc3n2)C1. The highest BCUT2D eigenvalue weighted by molar-refractivity contribution is 5.79. The van der Waals surface area contributed by atoms with Crippen LogP contribution in [-0.4, -0.2) is 39.6 Å². The highest BCUT2D eigenvalue weighted by Gasteiger charge is 2.32. The number of carbonyl (C=O) groups excluding carboxylic acids is 1. The summed E-state index contributed by atoms with van der Waals surface area (Å²) < 4.78 is 7.74. The van der Waals surface area contributed by atoms with Crippen LogP contribution >= 0.6 is 0 Å². The van der Waals surface area contributed by atoms with E-state index in [9.17, 15) is 4.79 Å². The third kappa shape index (κ3) is 2.90. The van der Waals surface area contributed by atoms with Gasteiger partial charge < -0.3 is 14.2 Å². The van der Waals surface area contributed by atoms with E-state index in [4.69, 9.17) is 4.74 Å². The van der Waals surface area contributed by atoms with Gasteiger partial charge in [0.25, 0.3) is 0 Å². The Morgan fingerprint density at radius 3 is 2.70 bits per heavy atom. The standard InChI is InChI=1S/C18H17N3O2/c22-18(13-20-9-3-4-10-20)21-11-15(12-21)23-17-8-7-14-5-1-2-6-16(14)19-17/h1-10,15H,11-13H2. The van der Waals surface area contributed by atoms with Crippen molar-refractivity contribution in [3.63, 3.8) is 0 Å². The number of likely N-dealkylation sites (tertiary alicyclic amines) is 1. The number of carbonyl (C=O) groups is 1. The van der Waals surface area contributed by atoms with Crippen LogP contribution in [0.25, 0.3) is 10.9 Å². The minimum atomic E-state index is 0.0253. The van der Waals surface area contributed by atoms with E-state index < -0.39 is 0 Å². The minimum Gasteiger partial charge on any atom is -0.471 e. The Labute approximate surface area is 134 Å². The van der Waals surface area contributed by atoms with Crippen LogP contribution in [0.5, 0.6) is 5.88 Å². The second-order valence-electron chi connectivity index (χ2n) is 5.74. The van der Waals surface area contributed by atoms with Crippen molar-refractivity contribution in [3.05, 3.63) is 60.9 Å². The van der Waals surface area contributed by atoms with Crippen molar-refractivity contribution in [2.45, 2.75) is 12.6 Å². The lowest BCUT2D eigenvalue weighted by molar-refractivity contribution is -0.140. The van der Waals surface area contributed by atoms with Gasteiger partial charge in [-0.3, -0.25) is 4.79 Å². The van der Waals surface area contributed by atoms with E-state index in [-0.39, 0.29) is 12.0 Å². The molecule has 0 atom stereocenters. The lowest BCUT2D eigenvalue weighted by atomic mass is 10.1. The predicted molar refractivity (Wildman–Crippen MR) is 87.2 cm³/mol. The fourth-order valence-electron chi connectivity index (χ4n) is 2.73. The predicted octanol–water partition coefficient (Wildman–Crippen LogP) is 2.33. The fourth-order valence-corrected chi connectivity index (χ4v) is 2.73. The molecule has 0 N–H and O–H groups in total. The quantitative estimate of drug-likeness (QED) is 0.743. The first kappa shape index (κ1) is 13.8. The van der Waals surface area contributed by atoms with E-state index >= 15 is 0 Å². The molecule has 1 aliphatic heterocycles. The van der Waals surface area contributed by atoms with E-state index in [0.29, 0.717) is 25.5 Å². The van der Waals surface area contributed by atoms with Crippen molar-refractivity contribution in [3.8, 4) is 5.88 Å². The number of aromatic nitrogens is 2. The molecule has 1 aliphatic rings. The molecule has 0 bridgehead atoms. The van der Waals surface area contributed by atoms with Crippen molar-refractivity contribution in [1.82, 2.24) is 14.5 Å². The highest BCUT2D eigenvalue weighted by Crippen LogP contribution is 2.20.